The molecule has 1 heterocycles. The van der Waals surface area contributed by atoms with Gasteiger partial charge in [0.25, 0.3) is 5.91 Å². The van der Waals surface area contributed by atoms with E-state index in [1.807, 2.05) is 35.9 Å². The minimum atomic E-state index is -0.119. The van der Waals surface area contributed by atoms with Gasteiger partial charge in [-0.25, -0.2) is 0 Å². The third-order valence-corrected chi connectivity index (χ3v) is 3.30. The summed E-state index contributed by atoms with van der Waals surface area (Å²) < 4.78 is 0. The van der Waals surface area contributed by atoms with Crippen LogP contribution >= 0.6 is 11.3 Å². The van der Waals surface area contributed by atoms with E-state index in [0.717, 1.165) is 11.1 Å². The Morgan fingerprint density at radius 2 is 2.24 bits per heavy atom. The van der Waals surface area contributed by atoms with Crippen molar-refractivity contribution in [2.24, 2.45) is 0 Å². The fraction of sp³-hybridized carbons (Fsp3) is 0.154. The lowest BCUT2D eigenvalue weighted by Gasteiger charge is -2.09. The molecule has 3 nitrogen and oxygen atoms in total. The second kappa shape index (κ2) is 5.01. The maximum absolute atomic E-state index is 12.0. The molecule has 17 heavy (non-hydrogen) atoms. The quantitative estimate of drug-likeness (QED) is 0.818. The highest BCUT2D eigenvalue weighted by molar-refractivity contribution is 7.07. The molecule has 0 aliphatic heterocycles. The Hall–Kier alpha value is -1.81. The van der Waals surface area contributed by atoms with Gasteiger partial charge in [0.05, 0.1) is 5.56 Å². The zero-order chi connectivity index (χ0) is 12.3. The standard InChI is InChI=1S/C13H14N2OS/c1-9-3-2-4-11(14)12(9)13(16)15-7-10-5-6-17-8-10/h2-6,8H,7,14H2,1H3,(H,15,16). The van der Waals surface area contributed by atoms with Crippen LogP contribution in [-0.2, 0) is 6.54 Å². The Morgan fingerprint density at radius 3 is 2.88 bits per heavy atom. The predicted molar refractivity (Wildman–Crippen MR) is 71.1 cm³/mol. The summed E-state index contributed by atoms with van der Waals surface area (Å²) >= 11 is 1.62. The summed E-state index contributed by atoms with van der Waals surface area (Å²) in [4.78, 5) is 12.0. The minimum absolute atomic E-state index is 0.119. The SMILES string of the molecule is Cc1cccc(N)c1C(=O)NCc1ccsc1. The van der Waals surface area contributed by atoms with Crippen molar-refractivity contribution in [3.63, 3.8) is 0 Å². The third kappa shape index (κ3) is 2.65. The highest BCUT2D eigenvalue weighted by Crippen LogP contribution is 2.16. The number of nitrogens with two attached hydrogens (primary N) is 1. The molecule has 0 bridgehead atoms. The lowest BCUT2D eigenvalue weighted by molar-refractivity contribution is 0.0951. The van der Waals surface area contributed by atoms with Crippen LogP contribution in [0.5, 0.6) is 0 Å². The highest BCUT2D eigenvalue weighted by Gasteiger charge is 2.11. The van der Waals surface area contributed by atoms with Gasteiger partial charge in [-0.15, -0.1) is 0 Å². The van der Waals surface area contributed by atoms with Crippen molar-refractivity contribution in [1.29, 1.82) is 0 Å². The summed E-state index contributed by atoms with van der Waals surface area (Å²) in [6, 6.07) is 7.47. The molecule has 0 spiro atoms. The molecule has 1 aromatic heterocycles. The van der Waals surface area contributed by atoms with Crippen molar-refractivity contribution < 1.29 is 4.79 Å². The molecule has 0 saturated carbocycles. The van der Waals surface area contributed by atoms with Gasteiger partial charge < -0.3 is 11.1 Å². The van der Waals surface area contributed by atoms with Crippen molar-refractivity contribution in [3.8, 4) is 0 Å². The Labute approximate surface area is 104 Å². The van der Waals surface area contributed by atoms with Gasteiger partial charge in [-0.2, -0.15) is 11.3 Å². The van der Waals surface area contributed by atoms with Crippen molar-refractivity contribution in [1.82, 2.24) is 5.32 Å². The molecular weight excluding hydrogens is 232 g/mol. The fourth-order valence-corrected chi connectivity index (χ4v) is 2.33. The molecule has 0 aliphatic rings. The molecule has 4 heteroatoms. The molecular formula is C13H14N2OS. The van der Waals surface area contributed by atoms with Crippen LogP contribution in [0.25, 0.3) is 0 Å². The molecule has 0 saturated heterocycles. The van der Waals surface area contributed by atoms with Gasteiger partial charge in [0.15, 0.2) is 0 Å². The molecule has 0 unspecified atom stereocenters. The van der Waals surface area contributed by atoms with Crippen LogP contribution in [0.4, 0.5) is 5.69 Å². The number of amides is 1. The summed E-state index contributed by atoms with van der Waals surface area (Å²) in [5.41, 5.74) is 8.91. The van der Waals surface area contributed by atoms with E-state index in [1.54, 1.807) is 17.4 Å². The van der Waals surface area contributed by atoms with E-state index in [9.17, 15) is 4.79 Å². The van der Waals surface area contributed by atoms with E-state index in [2.05, 4.69) is 5.32 Å². The number of carbonyl (C=O) groups is 1. The third-order valence-electron chi connectivity index (χ3n) is 2.57. The topological polar surface area (TPSA) is 55.1 Å². The van der Waals surface area contributed by atoms with Crippen molar-refractivity contribution >= 4 is 22.9 Å². The maximum Gasteiger partial charge on any atom is 0.253 e. The number of carbonyl (C=O) groups excluding carboxylic acids is 1. The summed E-state index contributed by atoms with van der Waals surface area (Å²) in [5.74, 6) is -0.119. The number of thiophene rings is 1. The van der Waals surface area contributed by atoms with Crippen LogP contribution in [0.1, 0.15) is 21.5 Å². The van der Waals surface area contributed by atoms with E-state index >= 15 is 0 Å². The molecule has 0 atom stereocenters. The number of rotatable bonds is 3. The molecule has 2 rings (SSSR count). The molecule has 88 valence electrons. The molecule has 0 aliphatic carbocycles. The first-order chi connectivity index (χ1) is 8.18. The normalized spacial score (nSPS) is 10.2. The summed E-state index contributed by atoms with van der Waals surface area (Å²) in [7, 11) is 0. The fourth-order valence-electron chi connectivity index (χ4n) is 1.66. The van der Waals surface area contributed by atoms with E-state index in [4.69, 9.17) is 5.73 Å². The number of anilines is 1. The average molecular weight is 246 g/mol. The lowest BCUT2D eigenvalue weighted by Crippen LogP contribution is -2.24. The number of nitrogen functional groups attached to an aromatic ring is 1. The Morgan fingerprint density at radius 1 is 1.41 bits per heavy atom. The number of aryl methyl sites for hydroxylation is 1. The van der Waals surface area contributed by atoms with Gasteiger partial charge in [-0.3, -0.25) is 4.79 Å². The summed E-state index contributed by atoms with van der Waals surface area (Å²) in [5, 5.41) is 6.88. The monoisotopic (exact) mass is 246 g/mol. The Kier molecular flexibility index (Phi) is 3.44. The van der Waals surface area contributed by atoms with Gasteiger partial charge >= 0.3 is 0 Å². The van der Waals surface area contributed by atoms with Gasteiger partial charge in [-0.05, 0) is 40.9 Å². The molecule has 0 radical (unpaired) electrons. The van der Waals surface area contributed by atoms with Crippen LogP contribution in [-0.4, -0.2) is 5.91 Å². The average Bonchev–Trinajstić information content (AvgIpc) is 2.79. The molecule has 0 fully saturated rings. The number of benzene rings is 1. The van der Waals surface area contributed by atoms with E-state index in [-0.39, 0.29) is 5.91 Å². The van der Waals surface area contributed by atoms with Crippen LogP contribution < -0.4 is 11.1 Å². The highest BCUT2D eigenvalue weighted by atomic mass is 32.1. The van der Waals surface area contributed by atoms with E-state index in [1.165, 1.54) is 0 Å². The summed E-state index contributed by atoms with van der Waals surface area (Å²) in [6.45, 7) is 2.42. The van der Waals surface area contributed by atoms with E-state index < -0.39 is 0 Å². The zero-order valence-corrected chi connectivity index (χ0v) is 10.4. The minimum Gasteiger partial charge on any atom is -0.398 e. The molecule has 2 aromatic rings. The van der Waals surface area contributed by atoms with Gasteiger partial charge in [0.2, 0.25) is 0 Å². The molecule has 1 aromatic carbocycles. The van der Waals surface area contributed by atoms with E-state index in [0.29, 0.717) is 17.8 Å². The molecule has 1 amide bonds. The van der Waals surface area contributed by atoms with Crippen molar-refractivity contribution in [2.45, 2.75) is 13.5 Å². The van der Waals surface area contributed by atoms with Gasteiger partial charge in [-0.1, -0.05) is 12.1 Å². The van der Waals surface area contributed by atoms with Crippen molar-refractivity contribution in [3.05, 3.63) is 51.7 Å². The zero-order valence-electron chi connectivity index (χ0n) is 9.57. The largest absolute Gasteiger partial charge is 0.398 e. The van der Waals surface area contributed by atoms with Crippen LogP contribution in [0.3, 0.4) is 0 Å². The molecule has 3 N–H and O–H groups in total. The summed E-state index contributed by atoms with van der Waals surface area (Å²) in [6.07, 6.45) is 0. The predicted octanol–water partition coefficient (Wildman–Crippen LogP) is 2.57. The Bertz CT molecular complexity index is 500. The second-order valence-electron chi connectivity index (χ2n) is 3.85. The second-order valence-corrected chi connectivity index (χ2v) is 4.63. The lowest BCUT2D eigenvalue weighted by atomic mass is 10.1. The first-order valence-corrected chi connectivity index (χ1v) is 6.27. The maximum atomic E-state index is 12.0. The van der Waals surface area contributed by atoms with Gasteiger partial charge in [0, 0.05) is 12.2 Å². The first-order valence-electron chi connectivity index (χ1n) is 5.33. The van der Waals surface area contributed by atoms with Crippen LogP contribution in [0.15, 0.2) is 35.0 Å². The van der Waals surface area contributed by atoms with Crippen LogP contribution in [0, 0.1) is 6.92 Å². The number of nitrogens with one attached hydrogen (secondary N) is 1. The smallest absolute Gasteiger partial charge is 0.253 e. The Balaban J connectivity index is 2.10. The van der Waals surface area contributed by atoms with Crippen molar-refractivity contribution in [2.75, 3.05) is 5.73 Å². The number of hydrogen-bond acceptors (Lipinski definition) is 3. The van der Waals surface area contributed by atoms with Crippen LogP contribution in [0.2, 0.25) is 0 Å². The first kappa shape index (κ1) is 11.7. The van der Waals surface area contributed by atoms with Gasteiger partial charge in [0.1, 0.15) is 0 Å². The number of hydrogen-bond donors (Lipinski definition) is 2.